The highest BCUT2D eigenvalue weighted by atomic mass is 32.2. The molecule has 0 fully saturated rings. The van der Waals surface area contributed by atoms with Crippen LogP contribution < -0.4 is 9.62 Å². The smallest absolute Gasteiger partial charge is 0.264 e. The van der Waals surface area contributed by atoms with E-state index in [0.29, 0.717) is 18.7 Å². The zero-order valence-electron chi connectivity index (χ0n) is 24.3. The standard InChI is InChI=1S/C32H41N3O4S/c1-7-30(32(37)33-20-23(2)3)34(21-27-10-8-9-26(6)19-27)31(36)22-35(28-15-11-24(4)12-16-28)40(38,39)29-17-13-25(5)14-18-29/h8-19,23,30H,7,20-22H2,1-6H3,(H,33,37)/t30-/m0/s1. The fourth-order valence-electron chi connectivity index (χ4n) is 4.43. The van der Waals surface area contributed by atoms with Gasteiger partial charge in [-0.15, -0.1) is 0 Å². The van der Waals surface area contributed by atoms with Crippen molar-refractivity contribution in [3.05, 3.63) is 95.1 Å². The molecule has 0 heterocycles. The Hall–Kier alpha value is -3.65. The summed E-state index contributed by atoms with van der Waals surface area (Å²) in [7, 11) is -4.08. The molecule has 0 bridgehead atoms. The number of amides is 2. The van der Waals surface area contributed by atoms with Gasteiger partial charge in [-0.3, -0.25) is 13.9 Å². The number of nitrogens with one attached hydrogen (secondary N) is 1. The van der Waals surface area contributed by atoms with E-state index < -0.39 is 28.5 Å². The fourth-order valence-corrected chi connectivity index (χ4v) is 5.84. The van der Waals surface area contributed by atoms with E-state index >= 15 is 0 Å². The van der Waals surface area contributed by atoms with E-state index in [0.717, 1.165) is 26.6 Å². The molecule has 2 amide bonds. The van der Waals surface area contributed by atoms with Crippen LogP contribution in [0.25, 0.3) is 0 Å². The number of carbonyl (C=O) groups excluding carboxylic acids is 2. The van der Waals surface area contributed by atoms with Crippen LogP contribution in [0.3, 0.4) is 0 Å². The van der Waals surface area contributed by atoms with Crippen molar-refractivity contribution in [2.45, 2.75) is 65.4 Å². The van der Waals surface area contributed by atoms with E-state index in [1.165, 1.54) is 4.90 Å². The van der Waals surface area contributed by atoms with E-state index in [2.05, 4.69) is 5.32 Å². The van der Waals surface area contributed by atoms with Crippen molar-refractivity contribution in [1.82, 2.24) is 10.2 Å². The normalized spacial score (nSPS) is 12.2. The van der Waals surface area contributed by atoms with Crippen LogP contribution in [0.15, 0.2) is 77.7 Å². The zero-order valence-corrected chi connectivity index (χ0v) is 25.2. The first-order valence-electron chi connectivity index (χ1n) is 13.7. The van der Waals surface area contributed by atoms with Gasteiger partial charge in [-0.2, -0.15) is 0 Å². The number of nitrogens with zero attached hydrogens (tertiary/aromatic N) is 2. The Morgan fingerprint density at radius 2 is 1.45 bits per heavy atom. The SMILES string of the molecule is CC[C@@H](C(=O)NCC(C)C)N(Cc1cccc(C)c1)C(=O)CN(c1ccc(C)cc1)S(=O)(=O)c1ccc(C)cc1. The summed E-state index contributed by atoms with van der Waals surface area (Å²) in [6, 6.07) is 20.6. The minimum absolute atomic E-state index is 0.0958. The number of benzene rings is 3. The topological polar surface area (TPSA) is 86.8 Å². The van der Waals surface area contributed by atoms with Crippen molar-refractivity contribution >= 4 is 27.5 Å². The predicted molar refractivity (Wildman–Crippen MR) is 161 cm³/mol. The predicted octanol–water partition coefficient (Wildman–Crippen LogP) is 5.39. The molecule has 0 aliphatic carbocycles. The van der Waals surface area contributed by atoms with Gasteiger partial charge in [-0.25, -0.2) is 8.42 Å². The molecule has 0 aromatic heterocycles. The Morgan fingerprint density at radius 1 is 0.850 bits per heavy atom. The van der Waals surface area contributed by atoms with Crippen molar-refractivity contribution in [3.63, 3.8) is 0 Å². The molecular weight excluding hydrogens is 522 g/mol. The van der Waals surface area contributed by atoms with Crippen LogP contribution in [-0.2, 0) is 26.2 Å². The lowest BCUT2D eigenvalue weighted by molar-refractivity contribution is -0.140. The van der Waals surface area contributed by atoms with Crippen molar-refractivity contribution < 1.29 is 18.0 Å². The number of rotatable bonds is 12. The van der Waals surface area contributed by atoms with Gasteiger partial charge in [0, 0.05) is 13.1 Å². The second kappa shape index (κ2) is 13.6. The third-order valence-electron chi connectivity index (χ3n) is 6.72. The molecule has 3 aromatic carbocycles. The van der Waals surface area contributed by atoms with Gasteiger partial charge in [-0.05, 0) is 62.9 Å². The van der Waals surface area contributed by atoms with Crippen molar-refractivity contribution in [1.29, 1.82) is 0 Å². The maximum Gasteiger partial charge on any atom is 0.264 e. The quantitative estimate of drug-likeness (QED) is 0.320. The van der Waals surface area contributed by atoms with Gasteiger partial charge in [0.15, 0.2) is 0 Å². The highest BCUT2D eigenvalue weighted by Gasteiger charge is 2.33. The van der Waals surface area contributed by atoms with Gasteiger partial charge in [-0.1, -0.05) is 86.0 Å². The Kier molecular flexibility index (Phi) is 10.5. The molecule has 7 nitrogen and oxygen atoms in total. The summed E-state index contributed by atoms with van der Waals surface area (Å²) in [5.41, 5.74) is 4.18. The van der Waals surface area contributed by atoms with Gasteiger partial charge < -0.3 is 10.2 Å². The van der Waals surface area contributed by atoms with E-state index in [1.807, 2.05) is 77.9 Å². The van der Waals surface area contributed by atoms with Crippen molar-refractivity contribution in [2.75, 3.05) is 17.4 Å². The molecule has 0 spiro atoms. The van der Waals surface area contributed by atoms with Crippen LogP contribution in [0.2, 0.25) is 0 Å². The minimum Gasteiger partial charge on any atom is -0.354 e. The lowest BCUT2D eigenvalue weighted by Gasteiger charge is -2.33. The fraction of sp³-hybridized carbons (Fsp3) is 0.375. The summed E-state index contributed by atoms with van der Waals surface area (Å²) in [5.74, 6) is -0.455. The summed E-state index contributed by atoms with van der Waals surface area (Å²) in [4.78, 5) is 29.0. The first kappa shape index (κ1) is 30.9. The molecule has 0 unspecified atom stereocenters. The first-order valence-corrected chi connectivity index (χ1v) is 15.1. The molecule has 3 aromatic rings. The van der Waals surface area contributed by atoms with Crippen LogP contribution in [-0.4, -0.2) is 44.3 Å². The lowest BCUT2D eigenvalue weighted by atomic mass is 10.1. The monoisotopic (exact) mass is 563 g/mol. The molecule has 0 saturated carbocycles. The number of sulfonamides is 1. The van der Waals surface area contributed by atoms with Crippen molar-refractivity contribution in [2.24, 2.45) is 5.92 Å². The molecular formula is C32H41N3O4S. The Balaban J connectivity index is 2.04. The van der Waals surface area contributed by atoms with Crippen LogP contribution in [0.4, 0.5) is 5.69 Å². The molecule has 3 rings (SSSR count). The van der Waals surface area contributed by atoms with E-state index in [4.69, 9.17) is 0 Å². The van der Waals surface area contributed by atoms with E-state index in [-0.39, 0.29) is 23.3 Å². The summed E-state index contributed by atoms with van der Waals surface area (Å²) >= 11 is 0. The van der Waals surface area contributed by atoms with Gasteiger partial charge in [0.05, 0.1) is 10.6 Å². The van der Waals surface area contributed by atoms with Gasteiger partial charge in [0.25, 0.3) is 10.0 Å². The lowest BCUT2D eigenvalue weighted by Crippen LogP contribution is -2.52. The highest BCUT2D eigenvalue weighted by molar-refractivity contribution is 7.92. The first-order chi connectivity index (χ1) is 18.9. The zero-order chi connectivity index (χ0) is 29.4. The largest absolute Gasteiger partial charge is 0.354 e. The maximum atomic E-state index is 14.1. The highest BCUT2D eigenvalue weighted by Crippen LogP contribution is 2.25. The third-order valence-corrected chi connectivity index (χ3v) is 8.50. The summed E-state index contributed by atoms with van der Waals surface area (Å²) in [5, 5.41) is 2.95. The van der Waals surface area contributed by atoms with E-state index in [1.54, 1.807) is 36.4 Å². The second-order valence-corrected chi connectivity index (χ2v) is 12.6. The molecule has 0 aliphatic rings. The third kappa shape index (κ3) is 7.94. The summed E-state index contributed by atoms with van der Waals surface area (Å²) in [6.45, 7) is 11.9. The number of hydrogen-bond acceptors (Lipinski definition) is 4. The van der Waals surface area contributed by atoms with Crippen LogP contribution in [0.1, 0.15) is 49.4 Å². The second-order valence-electron chi connectivity index (χ2n) is 10.7. The number of hydrogen-bond donors (Lipinski definition) is 1. The van der Waals surface area contributed by atoms with Crippen LogP contribution >= 0.6 is 0 Å². The van der Waals surface area contributed by atoms with Crippen molar-refractivity contribution in [3.8, 4) is 0 Å². The molecule has 40 heavy (non-hydrogen) atoms. The molecule has 1 atom stereocenters. The number of aryl methyl sites for hydroxylation is 3. The Bertz CT molecular complexity index is 1400. The molecule has 0 aliphatic heterocycles. The minimum atomic E-state index is -4.08. The van der Waals surface area contributed by atoms with Crippen LogP contribution in [0.5, 0.6) is 0 Å². The van der Waals surface area contributed by atoms with Gasteiger partial charge in [0.1, 0.15) is 12.6 Å². The molecule has 8 heteroatoms. The van der Waals surface area contributed by atoms with Crippen LogP contribution in [0, 0.1) is 26.7 Å². The Labute approximate surface area is 239 Å². The molecule has 214 valence electrons. The average molecular weight is 564 g/mol. The van der Waals surface area contributed by atoms with E-state index in [9.17, 15) is 18.0 Å². The average Bonchev–Trinajstić information content (AvgIpc) is 2.91. The summed E-state index contributed by atoms with van der Waals surface area (Å²) in [6.07, 6.45) is 0.386. The maximum absolute atomic E-state index is 14.1. The molecule has 0 radical (unpaired) electrons. The molecule has 1 N–H and O–H groups in total. The number of carbonyl (C=O) groups is 2. The molecule has 0 saturated heterocycles. The number of anilines is 1. The van der Waals surface area contributed by atoms with Gasteiger partial charge in [0.2, 0.25) is 11.8 Å². The Morgan fingerprint density at radius 3 is 2.00 bits per heavy atom. The van der Waals surface area contributed by atoms with Gasteiger partial charge >= 0.3 is 0 Å². The summed E-state index contributed by atoms with van der Waals surface area (Å²) < 4.78 is 29.0.